The maximum atomic E-state index is 13.5. The molecule has 0 aromatic heterocycles. The lowest BCUT2D eigenvalue weighted by Gasteiger charge is -2.34. The minimum Gasteiger partial charge on any atom is -0.494 e. The van der Waals surface area contributed by atoms with Crippen molar-refractivity contribution >= 4 is 11.5 Å². The molecule has 0 bridgehead atoms. The molecule has 3 aliphatic heterocycles. The summed E-state index contributed by atoms with van der Waals surface area (Å²) < 4.78 is 22.6. The zero-order chi connectivity index (χ0) is 17.4. The van der Waals surface area contributed by atoms with E-state index in [0.717, 1.165) is 17.8 Å². The van der Waals surface area contributed by atoms with E-state index < -0.39 is 5.72 Å². The predicted molar refractivity (Wildman–Crippen MR) is 87.6 cm³/mol. The van der Waals surface area contributed by atoms with Crippen molar-refractivity contribution in [1.82, 2.24) is 4.90 Å². The number of benzene rings is 1. The highest BCUT2D eigenvalue weighted by atomic mass is 16.5. The molecular formula is C17H22N2O5. The molecule has 1 unspecified atom stereocenters. The molecule has 2 saturated heterocycles. The average Bonchev–Trinajstić information content (AvgIpc) is 2.99. The molecule has 0 saturated carbocycles. The van der Waals surface area contributed by atoms with Crippen molar-refractivity contribution in [3.63, 3.8) is 0 Å². The van der Waals surface area contributed by atoms with Crippen molar-refractivity contribution in [3.05, 3.63) is 11.1 Å². The molecule has 0 amide bonds. The Morgan fingerprint density at radius 2 is 1.67 bits per heavy atom. The van der Waals surface area contributed by atoms with Crippen molar-refractivity contribution in [2.45, 2.75) is 24.7 Å². The van der Waals surface area contributed by atoms with E-state index in [4.69, 9.17) is 18.9 Å². The zero-order valence-electron chi connectivity index (χ0n) is 14.8. The molecular weight excluding hydrogens is 312 g/mol. The molecule has 1 aromatic carbocycles. The number of hydrogen-bond donors (Lipinski definition) is 0. The molecule has 130 valence electrons. The smallest absolute Gasteiger partial charge is 0.223 e. The standard InChI is InChI=1S/C17H22N2O5/c1-8-12(21-3)11-10(14(23-5)13(8)22-4)16(20)17(24-6)15-9(18(15)2)7-19(11)17/h9,15H,7H2,1-6H3/t9-,15-,17-,18?/m0/s1. The average molecular weight is 334 g/mol. The van der Waals surface area contributed by atoms with Gasteiger partial charge in [-0.15, -0.1) is 0 Å². The second-order valence-corrected chi connectivity index (χ2v) is 6.47. The fourth-order valence-corrected chi connectivity index (χ4v) is 4.61. The van der Waals surface area contributed by atoms with Gasteiger partial charge in [0, 0.05) is 25.3 Å². The summed E-state index contributed by atoms with van der Waals surface area (Å²) in [4.78, 5) is 17.7. The monoisotopic (exact) mass is 334 g/mol. The number of nitrogens with zero attached hydrogens (tertiary/aromatic N) is 2. The second kappa shape index (κ2) is 4.77. The van der Waals surface area contributed by atoms with Gasteiger partial charge in [0.15, 0.2) is 11.5 Å². The summed E-state index contributed by atoms with van der Waals surface area (Å²) in [5.41, 5.74) is 1.03. The highest BCUT2D eigenvalue weighted by molar-refractivity contribution is 6.18. The van der Waals surface area contributed by atoms with E-state index in [1.807, 2.05) is 18.9 Å². The summed E-state index contributed by atoms with van der Waals surface area (Å²) >= 11 is 0. The molecule has 7 nitrogen and oxygen atoms in total. The topological polar surface area (TPSA) is 60.2 Å². The quantitative estimate of drug-likeness (QED) is 0.763. The normalized spacial score (nSPS) is 32.3. The number of piperazine rings is 1. The minimum absolute atomic E-state index is 0.0445. The highest BCUT2D eigenvalue weighted by Crippen LogP contribution is 2.61. The zero-order valence-corrected chi connectivity index (χ0v) is 14.8. The number of carbonyl (C=O) groups excluding carboxylic acids is 1. The Labute approximate surface area is 141 Å². The fraction of sp³-hybridized carbons (Fsp3) is 0.588. The Kier molecular flexibility index (Phi) is 3.08. The van der Waals surface area contributed by atoms with Gasteiger partial charge in [-0.3, -0.25) is 9.69 Å². The van der Waals surface area contributed by atoms with E-state index in [2.05, 4.69) is 4.90 Å². The van der Waals surface area contributed by atoms with Gasteiger partial charge in [0.1, 0.15) is 5.75 Å². The van der Waals surface area contributed by atoms with Crippen LogP contribution < -0.4 is 19.1 Å². The van der Waals surface area contributed by atoms with Crippen molar-refractivity contribution in [2.24, 2.45) is 0 Å². The van der Waals surface area contributed by atoms with Crippen LogP contribution in [0.25, 0.3) is 0 Å². The summed E-state index contributed by atoms with van der Waals surface area (Å²) in [7, 11) is 8.33. The van der Waals surface area contributed by atoms with Crippen LogP contribution in [0.3, 0.4) is 0 Å². The van der Waals surface area contributed by atoms with Crippen LogP contribution in [0.2, 0.25) is 0 Å². The Balaban J connectivity index is 2.03. The first kappa shape index (κ1) is 15.5. The number of ether oxygens (including phenoxy) is 4. The van der Waals surface area contributed by atoms with Crippen molar-refractivity contribution in [2.75, 3.05) is 46.9 Å². The van der Waals surface area contributed by atoms with Gasteiger partial charge in [-0.25, -0.2) is 0 Å². The van der Waals surface area contributed by atoms with Gasteiger partial charge < -0.3 is 23.8 Å². The number of rotatable bonds is 4. The Hall–Kier alpha value is -1.99. The molecule has 0 N–H and O–H groups in total. The minimum atomic E-state index is -1.01. The summed E-state index contributed by atoms with van der Waals surface area (Å²) in [6, 6.07) is 0.364. The fourth-order valence-electron chi connectivity index (χ4n) is 4.61. The third kappa shape index (κ3) is 1.43. The molecule has 0 aliphatic carbocycles. The molecule has 4 atom stereocenters. The highest BCUT2D eigenvalue weighted by Gasteiger charge is 2.74. The lowest BCUT2D eigenvalue weighted by molar-refractivity contribution is 0.00278. The third-order valence-corrected chi connectivity index (χ3v) is 5.72. The van der Waals surface area contributed by atoms with E-state index in [9.17, 15) is 4.79 Å². The summed E-state index contributed by atoms with van der Waals surface area (Å²) in [5.74, 6) is 1.51. The number of Topliss-reactive ketones (excluding diaryl/α,β-unsaturated/α-hetero) is 1. The number of likely N-dealkylation sites (N-methyl/N-ethyl adjacent to an activating group) is 1. The van der Waals surface area contributed by atoms with E-state index >= 15 is 0 Å². The van der Waals surface area contributed by atoms with Crippen LogP contribution >= 0.6 is 0 Å². The molecule has 3 aliphatic rings. The van der Waals surface area contributed by atoms with Crippen LogP contribution in [0.1, 0.15) is 15.9 Å². The Morgan fingerprint density at radius 1 is 1.04 bits per heavy atom. The molecule has 2 fully saturated rings. The molecule has 0 radical (unpaired) electrons. The molecule has 3 heterocycles. The van der Waals surface area contributed by atoms with E-state index in [1.54, 1.807) is 28.4 Å². The number of carbonyl (C=O) groups is 1. The summed E-state index contributed by atoms with van der Waals surface area (Å²) in [5, 5.41) is 0. The third-order valence-electron chi connectivity index (χ3n) is 5.72. The number of methoxy groups -OCH3 is 4. The lowest BCUT2D eigenvalue weighted by atomic mass is 9.98. The van der Waals surface area contributed by atoms with E-state index in [-0.39, 0.29) is 11.8 Å². The molecule has 1 aromatic rings. The van der Waals surface area contributed by atoms with Gasteiger partial charge in [0.05, 0.1) is 38.6 Å². The second-order valence-electron chi connectivity index (χ2n) is 6.47. The molecule has 24 heavy (non-hydrogen) atoms. The van der Waals surface area contributed by atoms with Crippen molar-refractivity contribution < 1.29 is 23.7 Å². The van der Waals surface area contributed by atoms with Gasteiger partial charge >= 0.3 is 0 Å². The number of hydrogen-bond acceptors (Lipinski definition) is 7. The first-order valence-corrected chi connectivity index (χ1v) is 7.91. The van der Waals surface area contributed by atoms with Gasteiger partial charge in [0.25, 0.3) is 0 Å². The van der Waals surface area contributed by atoms with E-state index in [0.29, 0.717) is 28.9 Å². The van der Waals surface area contributed by atoms with Crippen LogP contribution in [0, 0.1) is 6.92 Å². The first-order valence-electron chi connectivity index (χ1n) is 7.91. The lowest BCUT2D eigenvalue weighted by Crippen LogP contribution is -2.54. The van der Waals surface area contributed by atoms with Crippen LogP contribution in [0.15, 0.2) is 0 Å². The van der Waals surface area contributed by atoms with Gasteiger partial charge in [0.2, 0.25) is 11.5 Å². The number of ketones is 1. The first-order chi connectivity index (χ1) is 11.5. The summed E-state index contributed by atoms with van der Waals surface area (Å²) in [6.45, 7) is 2.62. The molecule has 0 spiro atoms. The van der Waals surface area contributed by atoms with Crippen molar-refractivity contribution in [1.29, 1.82) is 0 Å². The van der Waals surface area contributed by atoms with Crippen molar-refractivity contribution in [3.8, 4) is 17.2 Å². The van der Waals surface area contributed by atoms with Crippen LogP contribution in [-0.2, 0) is 4.74 Å². The number of anilines is 1. The maximum absolute atomic E-state index is 13.5. The predicted octanol–water partition coefficient (Wildman–Crippen LogP) is 1.06. The van der Waals surface area contributed by atoms with Gasteiger partial charge in [-0.05, 0) is 14.0 Å². The maximum Gasteiger partial charge on any atom is 0.223 e. The Morgan fingerprint density at radius 3 is 2.21 bits per heavy atom. The van der Waals surface area contributed by atoms with Gasteiger partial charge in [-0.1, -0.05) is 0 Å². The van der Waals surface area contributed by atoms with Crippen LogP contribution in [0.5, 0.6) is 17.2 Å². The summed E-state index contributed by atoms with van der Waals surface area (Å²) in [6.07, 6.45) is 0. The SMILES string of the molecule is COc1c(C)c(OC)c2c(c1OC)C(=O)[C@@]1(OC)[C@@H]3[C@H](CN21)N3C. The number of fused-ring (bicyclic) bond motifs is 5. The largest absolute Gasteiger partial charge is 0.494 e. The van der Waals surface area contributed by atoms with Crippen LogP contribution in [-0.4, -0.2) is 70.5 Å². The van der Waals surface area contributed by atoms with E-state index in [1.165, 1.54) is 0 Å². The molecule has 4 rings (SSSR count). The van der Waals surface area contributed by atoms with Gasteiger partial charge in [-0.2, -0.15) is 0 Å². The molecule has 7 heteroatoms. The van der Waals surface area contributed by atoms with Crippen LogP contribution in [0.4, 0.5) is 5.69 Å². The Bertz CT molecular complexity index is 749.